The number of alkyl halides is 2. The van der Waals surface area contributed by atoms with Gasteiger partial charge in [-0.25, -0.2) is 13.8 Å². The second kappa shape index (κ2) is 6.47. The minimum atomic E-state index is -2.79. The number of hydrogen-bond acceptors (Lipinski definition) is 5. The van der Waals surface area contributed by atoms with E-state index in [0.717, 1.165) is 16.6 Å². The second-order valence-corrected chi connectivity index (χ2v) is 8.69. The summed E-state index contributed by atoms with van der Waals surface area (Å²) in [5, 5.41) is 13.1. The number of halogens is 2. The normalized spacial score (nSPS) is 16.1. The second-order valence-electron chi connectivity index (χ2n) is 8.69. The summed E-state index contributed by atoms with van der Waals surface area (Å²) in [5.74, 6) is -2.78. The molecule has 1 fully saturated rings. The van der Waals surface area contributed by atoms with Gasteiger partial charge in [-0.05, 0) is 32.0 Å². The molecule has 0 aliphatic carbocycles. The van der Waals surface area contributed by atoms with E-state index in [-0.39, 0.29) is 12.5 Å². The molecule has 0 saturated carbocycles. The van der Waals surface area contributed by atoms with Crippen molar-refractivity contribution in [3.63, 3.8) is 0 Å². The van der Waals surface area contributed by atoms with E-state index in [0.29, 0.717) is 22.2 Å². The first kappa shape index (κ1) is 19.4. The molecule has 8 nitrogen and oxygen atoms in total. The van der Waals surface area contributed by atoms with Crippen LogP contribution < -0.4 is 5.73 Å². The molecule has 0 atom stereocenters. The van der Waals surface area contributed by atoms with Crippen molar-refractivity contribution in [3.05, 3.63) is 36.7 Å². The predicted octanol–water partition coefficient (Wildman–Crippen LogP) is 3.06. The van der Waals surface area contributed by atoms with Gasteiger partial charge in [0.25, 0.3) is 5.92 Å². The van der Waals surface area contributed by atoms with Crippen LogP contribution in [0.1, 0.15) is 13.8 Å². The fraction of sp³-hybridized carbons (Fsp3) is 0.333. The van der Waals surface area contributed by atoms with Gasteiger partial charge in [-0.15, -0.1) is 0 Å². The molecule has 0 radical (unpaired) electrons. The number of nitrogens with zero attached hydrogens (tertiary/aromatic N) is 5. The van der Waals surface area contributed by atoms with Gasteiger partial charge in [-0.1, -0.05) is 6.07 Å². The van der Waals surface area contributed by atoms with Crippen LogP contribution in [-0.4, -0.2) is 54.8 Å². The van der Waals surface area contributed by atoms with Crippen molar-refractivity contribution in [1.82, 2.24) is 29.9 Å². The summed E-state index contributed by atoms with van der Waals surface area (Å²) in [7, 11) is 0. The molecule has 5 rings (SSSR count). The molecule has 3 aromatic heterocycles. The number of carbonyl (C=O) groups excluding carboxylic acids is 1. The third kappa shape index (κ3) is 3.28. The largest absolute Gasteiger partial charge is 0.383 e. The maximum Gasteiger partial charge on any atom is 0.282 e. The summed E-state index contributed by atoms with van der Waals surface area (Å²) in [4.78, 5) is 18.4. The number of benzene rings is 1. The van der Waals surface area contributed by atoms with Crippen LogP contribution in [0.15, 0.2) is 36.7 Å². The van der Waals surface area contributed by atoms with Crippen molar-refractivity contribution < 1.29 is 13.6 Å². The molecule has 160 valence electrons. The molecular formula is C21H21F2N7O. The Labute approximate surface area is 176 Å². The minimum Gasteiger partial charge on any atom is -0.383 e. The number of likely N-dealkylation sites (tertiary alicyclic amines) is 1. The molecule has 0 bridgehead atoms. The van der Waals surface area contributed by atoms with Gasteiger partial charge in [0.05, 0.1) is 41.6 Å². The molecule has 1 aliphatic heterocycles. The standard InChI is InChI=1S/C21H21F2N7O/c1-20(2,19(31)29-10-21(22,23)11-29)9-30-8-14-17(28-30)13-4-3-12(15-5-6-25-27-15)7-16(13)26-18(14)24/h3-8H,9-11H2,1-2H3,(H2,24,26)(H,25,27). The number of rotatable bonds is 4. The summed E-state index contributed by atoms with van der Waals surface area (Å²) in [5.41, 5.74) is 8.46. The Kier molecular flexibility index (Phi) is 4.05. The number of anilines is 1. The average molecular weight is 425 g/mol. The van der Waals surface area contributed by atoms with Crippen LogP contribution in [0.3, 0.4) is 0 Å². The lowest BCUT2D eigenvalue weighted by Crippen LogP contribution is -2.61. The van der Waals surface area contributed by atoms with E-state index in [9.17, 15) is 13.6 Å². The fourth-order valence-corrected chi connectivity index (χ4v) is 4.04. The zero-order valence-electron chi connectivity index (χ0n) is 17.1. The van der Waals surface area contributed by atoms with E-state index < -0.39 is 24.4 Å². The molecule has 0 spiro atoms. The number of aromatic amines is 1. The highest BCUT2D eigenvalue weighted by Crippen LogP contribution is 2.33. The van der Waals surface area contributed by atoms with Gasteiger partial charge in [-0.2, -0.15) is 10.2 Å². The van der Waals surface area contributed by atoms with Crippen LogP contribution >= 0.6 is 0 Å². The number of nitrogen functional groups attached to an aromatic ring is 1. The molecule has 4 heterocycles. The lowest BCUT2D eigenvalue weighted by atomic mass is 9.89. The van der Waals surface area contributed by atoms with Gasteiger partial charge < -0.3 is 10.6 Å². The van der Waals surface area contributed by atoms with Crippen molar-refractivity contribution in [1.29, 1.82) is 0 Å². The molecule has 3 N–H and O–H groups in total. The zero-order valence-corrected chi connectivity index (χ0v) is 17.1. The molecule has 1 aromatic carbocycles. The number of carbonyl (C=O) groups is 1. The van der Waals surface area contributed by atoms with Crippen LogP contribution in [0, 0.1) is 5.41 Å². The van der Waals surface area contributed by atoms with Crippen molar-refractivity contribution in [2.75, 3.05) is 18.8 Å². The lowest BCUT2D eigenvalue weighted by molar-refractivity contribution is -0.174. The van der Waals surface area contributed by atoms with Crippen molar-refractivity contribution >= 4 is 33.5 Å². The van der Waals surface area contributed by atoms with Crippen LogP contribution in [0.5, 0.6) is 0 Å². The predicted molar refractivity (Wildman–Crippen MR) is 112 cm³/mol. The number of nitrogens with one attached hydrogen (secondary N) is 1. The van der Waals surface area contributed by atoms with Crippen molar-refractivity contribution in [2.24, 2.45) is 5.41 Å². The van der Waals surface area contributed by atoms with E-state index >= 15 is 0 Å². The Morgan fingerprint density at radius 2 is 2.03 bits per heavy atom. The van der Waals surface area contributed by atoms with Gasteiger partial charge in [0.15, 0.2) is 0 Å². The van der Waals surface area contributed by atoms with Crippen molar-refractivity contribution in [2.45, 2.75) is 26.3 Å². The Hall–Kier alpha value is -3.56. The molecule has 10 heteroatoms. The first-order chi connectivity index (χ1) is 14.6. The number of aromatic nitrogens is 5. The molecule has 31 heavy (non-hydrogen) atoms. The SMILES string of the molecule is CC(C)(Cn1cc2c(N)nc3cc(-c4ccn[nH]4)ccc3c2n1)C(=O)N1CC(F)(F)C1. The Bertz CT molecular complexity index is 1300. The van der Waals surface area contributed by atoms with Gasteiger partial charge >= 0.3 is 0 Å². The maximum atomic E-state index is 13.2. The van der Waals surface area contributed by atoms with Gasteiger partial charge in [-0.3, -0.25) is 14.6 Å². The summed E-state index contributed by atoms with van der Waals surface area (Å²) < 4.78 is 28.0. The number of fused-ring (bicyclic) bond motifs is 3. The highest BCUT2D eigenvalue weighted by atomic mass is 19.3. The van der Waals surface area contributed by atoms with Gasteiger partial charge in [0.1, 0.15) is 11.3 Å². The van der Waals surface area contributed by atoms with E-state index in [2.05, 4.69) is 20.3 Å². The molecule has 0 unspecified atom stereocenters. The molecule has 4 aromatic rings. The summed E-state index contributed by atoms with van der Waals surface area (Å²) >= 11 is 0. The first-order valence-electron chi connectivity index (χ1n) is 9.86. The summed E-state index contributed by atoms with van der Waals surface area (Å²) in [6.07, 6.45) is 3.43. The highest BCUT2D eigenvalue weighted by Gasteiger charge is 2.49. The Balaban J connectivity index is 1.48. The summed E-state index contributed by atoms with van der Waals surface area (Å²) in [6.45, 7) is 2.63. The quantitative estimate of drug-likeness (QED) is 0.523. The van der Waals surface area contributed by atoms with Gasteiger partial charge in [0, 0.05) is 23.3 Å². The zero-order chi connectivity index (χ0) is 22.0. The Morgan fingerprint density at radius 3 is 2.71 bits per heavy atom. The van der Waals surface area contributed by atoms with Crippen molar-refractivity contribution in [3.8, 4) is 11.3 Å². The van der Waals surface area contributed by atoms with E-state index in [4.69, 9.17) is 5.73 Å². The van der Waals surface area contributed by atoms with Crippen LogP contribution in [0.4, 0.5) is 14.6 Å². The monoisotopic (exact) mass is 425 g/mol. The minimum absolute atomic E-state index is 0.232. The van der Waals surface area contributed by atoms with Crippen LogP contribution in [0.2, 0.25) is 0 Å². The van der Waals surface area contributed by atoms with E-state index in [1.807, 2.05) is 24.3 Å². The number of H-pyrrole nitrogens is 1. The molecular weight excluding hydrogens is 404 g/mol. The van der Waals surface area contributed by atoms with E-state index in [1.165, 1.54) is 4.90 Å². The maximum absolute atomic E-state index is 13.2. The third-order valence-corrected chi connectivity index (χ3v) is 5.61. The van der Waals surface area contributed by atoms with E-state index in [1.54, 1.807) is 30.9 Å². The smallest absolute Gasteiger partial charge is 0.282 e. The fourth-order valence-electron chi connectivity index (χ4n) is 4.04. The molecule has 1 aliphatic rings. The number of amides is 1. The van der Waals surface area contributed by atoms with Gasteiger partial charge in [0.2, 0.25) is 5.91 Å². The molecule has 1 amide bonds. The topological polar surface area (TPSA) is 106 Å². The first-order valence-corrected chi connectivity index (χ1v) is 9.86. The average Bonchev–Trinajstić information content (AvgIpc) is 3.35. The Morgan fingerprint density at radius 1 is 1.26 bits per heavy atom. The highest BCUT2D eigenvalue weighted by molar-refractivity contribution is 6.08. The number of hydrogen-bond donors (Lipinski definition) is 2. The number of nitrogens with two attached hydrogens (primary N) is 1. The van der Waals surface area contributed by atoms with Crippen LogP contribution in [0.25, 0.3) is 33.1 Å². The molecule has 1 saturated heterocycles. The van der Waals surface area contributed by atoms with Crippen LogP contribution in [-0.2, 0) is 11.3 Å². The number of pyridine rings is 1. The summed E-state index contributed by atoms with van der Waals surface area (Å²) in [6, 6.07) is 7.65. The lowest BCUT2D eigenvalue weighted by Gasteiger charge is -2.42. The third-order valence-electron chi connectivity index (χ3n) is 5.61.